The van der Waals surface area contributed by atoms with Crippen LogP contribution >= 0.6 is 0 Å². The summed E-state index contributed by atoms with van der Waals surface area (Å²) in [5.74, 6) is -0.859. The fraction of sp³-hybridized carbons (Fsp3) is 0.500. The first-order chi connectivity index (χ1) is 9.76. The summed E-state index contributed by atoms with van der Waals surface area (Å²) >= 11 is 0. The lowest BCUT2D eigenvalue weighted by Gasteiger charge is -2.32. The average molecular weight is 291 g/mol. The first-order valence-corrected chi connectivity index (χ1v) is 7.06. The van der Waals surface area contributed by atoms with Crippen molar-refractivity contribution in [2.24, 2.45) is 0 Å². The lowest BCUT2D eigenvalue weighted by Crippen LogP contribution is -2.45. The number of aliphatic carboxylic acids is 1. The second-order valence-corrected chi connectivity index (χ2v) is 6.37. The van der Waals surface area contributed by atoms with E-state index in [1.165, 1.54) is 11.1 Å². The summed E-state index contributed by atoms with van der Waals surface area (Å²) in [6.45, 7) is 5.22. The van der Waals surface area contributed by atoms with Crippen LogP contribution in [0.1, 0.15) is 44.2 Å². The maximum atomic E-state index is 11.7. The fourth-order valence-electron chi connectivity index (χ4n) is 2.53. The van der Waals surface area contributed by atoms with Crippen LogP contribution in [0.4, 0.5) is 4.79 Å². The molecule has 1 aromatic rings. The third kappa shape index (κ3) is 3.97. The van der Waals surface area contributed by atoms with Gasteiger partial charge in [-0.1, -0.05) is 24.3 Å². The number of rotatable bonds is 4. The minimum Gasteiger partial charge on any atom is -0.480 e. The van der Waals surface area contributed by atoms with Crippen LogP contribution in [0.5, 0.6) is 0 Å². The van der Waals surface area contributed by atoms with Crippen LogP contribution in [0.15, 0.2) is 24.3 Å². The van der Waals surface area contributed by atoms with Gasteiger partial charge in [0, 0.05) is 0 Å². The highest BCUT2D eigenvalue weighted by Gasteiger charge is 2.32. The number of nitrogens with one attached hydrogen (secondary N) is 1. The zero-order chi connectivity index (χ0) is 15.6. The molecular formula is C16H21NO4. The number of carbonyl (C=O) groups excluding carboxylic acids is 1. The van der Waals surface area contributed by atoms with Crippen LogP contribution in [-0.4, -0.2) is 28.8 Å². The first kappa shape index (κ1) is 15.4. The highest BCUT2D eigenvalue weighted by atomic mass is 16.6. The minimum atomic E-state index is -1.04. The van der Waals surface area contributed by atoms with Gasteiger partial charge in [-0.05, 0) is 50.7 Å². The van der Waals surface area contributed by atoms with Crippen molar-refractivity contribution in [1.29, 1.82) is 0 Å². The molecule has 1 aliphatic carbocycles. The van der Waals surface area contributed by atoms with E-state index in [0.717, 1.165) is 6.42 Å². The molecule has 5 heteroatoms. The summed E-state index contributed by atoms with van der Waals surface area (Å²) in [7, 11) is 0. The molecule has 0 fully saturated rings. The van der Waals surface area contributed by atoms with Crippen molar-refractivity contribution in [1.82, 2.24) is 5.32 Å². The smallest absolute Gasteiger partial charge is 0.408 e. The van der Waals surface area contributed by atoms with E-state index >= 15 is 0 Å². The van der Waals surface area contributed by atoms with E-state index < -0.39 is 23.7 Å². The maximum absolute atomic E-state index is 11.7. The SMILES string of the molecule is CC(C)(C)OC(=O)NC(CC1Cc2ccccc21)C(=O)O. The van der Waals surface area contributed by atoms with Crippen molar-refractivity contribution < 1.29 is 19.4 Å². The number of alkyl carbamates (subject to hydrolysis) is 1. The normalized spacial score (nSPS) is 18.1. The summed E-state index contributed by atoms with van der Waals surface area (Å²) in [6, 6.07) is 7.04. The Hall–Kier alpha value is -2.04. The van der Waals surface area contributed by atoms with E-state index in [9.17, 15) is 14.7 Å². The first-order valence-electron chi connectivity index (χ1n) is 7.06. The predicted octanol–water partition coefficient (Wildman–Crippen LogP) is 2.69. The molecule has 2 atom stereocenters. The molecule has 5 nitrogen and oxygen atoms in total. The average Bonchev–Trinajstić information content (AvgIpc) is 2.31. The lowest BCUT2D eigenvalue weighted by molar-refractivity contribution is -0.139. The number of ether oxygens (including phenoxy) is 1. The number of carboxylic acids is 1. The number of amides is 1. The number of fused-ring (bicyclic) bond motifs is 1. The molecule has 0 aromatic heterocycles. The van der Waals surface area contributed by atoms with Gasteiger partial charge in [-0.25, -0.2) is 9.59 Å². The molecule has 0 saturated heterocycles. The molecule has 1 amide bonds. The summed E-state index contributed by atoms with van der Waals surface area (Å²) in [5.41, 5.74) is 1.79. The second kappa shape index (κ2) is 5.76. The van der Waals surface area contributed by atoms with Gasteiger partial charge in [-0.15, -0.1) is 0 Å². The Morgan fingerprint density at radius 1 is 1.38 bits per heavy atom. The van der Waals surface area contributed by atoms with Crippen molar-refractivity contribution in [2.75, 3.05) is 0 Å². The number of carbonyl (C=O) groups is 2. The van der Waals surface area contributed by atoms with E-state index in [0.29, 0.717) is 6.42 Å². The molecule has 114 valence electrons. The molecule has 2 unspecified atom stereocenters. The van der Waals surface area contributed by atoms with Crippen LogP contribution in [0, 0.1) is 0 Å². The van der Waals surface area contributed by atoms with Crippen molar-refractivity contribution in [3.05, 3.63) is 35.4 Å². The largest absolute Gasteiger partial charge is 0.480 e. The zero-order valence-electron chi connectivity index (χ0n) is 12.6. The van der Waals surface area contributed by atoms with Gasteiger partial charge in [0.05, 0.1) is 0 Å². The molecule has 0 heterocycles. The third-order valence-electron chi connectivity index (χ3n) is 3.47. The fourth-order valence-corrected chi connectivity index (χ4v) is 2.53. The Labute approximate surface area is 124 Å². The van der Waals surface area contributed by atoms with E-state index in [-0.39, 0.29) is 5.92 Å². The van der Waals surface area contributed by atoms with E-state index in [1.54, 1.807) is 20.8 Å². The van der Waals surface area contributed by atoms with Gasteiger partial charge in [0.2, 0.25) is 0 Å². The highest BCUT2D eigenvalue weighted by molar-refractivity contribution is 5.80. The van der Waals surface area contributed by atoms with Gasteiger partial charge in [0.1, 0.15) is 11.6 Å². The van der Waals surface area contributed by atoms with Gasteiger partial charge in [0.25, 0.3) is 0 Å². The molecular weight excluding hydrogens is 270 g/mol. The second-order valence-electron chi connectivity index (χ2n) is 6.37. The van der Waals surface area contributed by atoms with E-state index in [1.807, 2.05) is 24.3 Å². The quantitative estimate of drug-likeness (QED) is 0.894. The highest BCUT2D eigenvalue weighted by Crippen LogP contribution is 2.38. The van der Waals surface area contributed by atoms with Crippen LogP contribution in [0.3, 0.4) is 0 Å². The Morgan fingerprint density at radius 3 is 2.62 bits per heavy atom. The molecule has 21 heavy (non-hydrogen) atoms. The molecule has 0 aliphatic heterocycles. The van der Waals surface area contributed by atoms with Crippen molar-refractivity contribution >= 4 is 12.1 Å². The maximum Gasteiger partial charge on any atom is 0.408 e. The summed E-state index contributed by atoms with van der Waals surface area (Å²) in [5, 5.41) is 11.7. The number of hydrogen-bond donors (Lipinski definition) is 2. The topological polar surface area (TPSA) is 75.6 Å². The van der Waals surface area contributed by atoms with Crippen LogP contribution < -0.4 is 5.32 Å². The standard InChI is InChI=1S/C16H21NO4/c1-16(2,3)21-15(20)17-13(14(18)19)9-11-8-10-6-4-5-7-12(10)11/h4-7,11,13H,8-9H2,1-3H3,(H,17,20)(H,18,19). The van der Waals surface area contributed by atoms with Crippen molar-refractivity contribution in [2.45, 2.75) is 51.2 Å². The van der Waals surface area contributed by atoms with E-state index in [2.05, 4.69) is 5.32 Å². The number of hydrogen-bond acceptors (Lipinski definition) is 3. The Morgan fingerprint density at radius 2 is 2.05 bits per heavy atom. The van der Waals surface area contributed by atoms with Crippen LogP contribution in [0.25, 0.3) is 0 Å². The Balaban J connectivity index is 1.95. The summed E-state index contributed by atoms with van der Waals surface area (Å²) in [4.78, 5) is 23.0. The summed E-state index contributed by atoms with van der Waals surface area (Å²) < 4.78 is 5.11. The molecule has 0 bridgehead atoms. The molecule has 0 saturated carbocycles. The molecule has 0 radical (unpaired) electrons. The van der Waals surface area contributed by atoms with Gasteiger partial charge in [-0.3, -0.25) is 0 Å². The van der Waals surface area contributed by atoms with Crippen molar-refractivity contribution in [3.63, 3.8) is 0 Å². The van der Waals surface area contributed by atoms with E-state index in [4.69, 9.17) is 4.74 Å². The van der Waals surface area contributed by atoms with Gasteiger partial charge >= 0.3 is 12.1 Å². The Kier molecular flexibility index (Phi) is 4.21. The lowest BCUT2D eigenvalue weighted by atomic mass is 9.74. The molecule has 1 aromatic carbocycles. The van der Waals surface area contributed by atoms with Gasteiger partial charge in [-0.2, -0.15) is 0 Å². The Bertz CT molecular complexity index is 547. The van der Waals surface area contributed by atoms with Crippen molar-refractivity contribution in [3.8, 4) is 0 Å². The molecule has 0 spiro atoms. The van der Waals surface area contributed by atoms with Gasteiger partial charge in [0.15, 0.2) is 0 Å². The molecule has 1 aliphatic rings. The number of carboxylic acid groups (broad SMARTS) is 1. The zero-order valence-corrected chi connectivity index (χ0v) is 12.6. The monoisotopic (exact) mass is 291 g/mol. The molecule has 2 N–H and O–H groups in total. The predicted molar refractivity (Wildman–Crippen MR) is 78.3 cm³/mol. The third-order valence-corrected chi connectivity index (χ3v) is 3.47. The molecule has 2 rings (SSSR count). The van der Waals surface area contributed by atoms with Crippen LogP contribution in [-0.2, 0) is 16.0 Å². The van der Waals surface area contributed by atoms with Crippen LogP contribution in [0.2, 0.25) is 0 Å². The minimum absolute atomic E-state index is 0.178. The number of benzene rings is 1. The van der Waals surface area contributed by atoms with Gasteiger partial charge < -0.3 is 15.2 Å². The summed E-state index contributed by atoms with van der Waals surface area (Å²) in [6.07, 6.45) is 0.546.